The van der Waals surface area contributed by atoms with Crippen molar-refractivity contribution in [3.05, 3.63) is 63.1 Å². The van der Waals surface area contributed by atoms with Gasteiger partial charge in [-0.2, -0.15) is 0 Å². The highest BCUT2D eigenvalue weighted by atomic mass is 35.5. The topological polar surface area (TPSA) is 66.4 Å². The zero-order chi connectivity index (χ0) is 15.6. The molecule has 0 atom stereocenters. The number of rotatable bonds is 3. The minimum Gasteiger partial charge on any atom is -0.478 e. The summed E-state index contributed by atoms with van der Waals surface area (Å²) in [4.78, 5) is 23.2. The molecule has 0 aromatic heterocycles. The highest BCUT2D eigenvalue weighted by Gasteiger charge is 2.11. The van der Waals surface area contributed by atoms with E-state index in [1.807, 2.05) is 0 Å². The number of carboxylic acid groups (broad SMARTS) is 1. The van der Waals surface area contributed by atoms with Crippen molar-refractivity contribution in [2.45, 2.75) is 6.92 Å². The van der Waals surface area contributed by atoms with Gasteiger partial charge in [0.05, 0.1) is 5.56 Å². The molecule has 0 spiro atoms. The van der Waals surface area contributed by atoms with Crippen molar-refractivity contribution in [3.8, 4) is 0 Å². The second-order valence-corrected chi connectivity index (χ2v) is 5.32. The zero-order valence-corrected chi connectivity index (χ0v) is 12.5. The van der Waals surface area contributed by atoms with Crippen molar-refractivity contribution in [1.29, 1.82) is 0 Å². The van der Waals surface area contributed by atoms with Crippen molar-refractivity contribution in [2.24, 2.45) is 0 Å². The van der Waals surface area contributed by atoms with Crippen LogP contribution in [0.3, 0.4) is 0 Å². The number of halogens is 2. The van der Waals surface area contributed by atoms with Crippen LogP contribution in [0.5, 0.6) is 0 Å². The van der Waals surface area contributed by atoms with Crippen molar-refractivity contribution in [2.75, 3.05) is 5.32 Å². The molecular weight excluding hydrogens is 313 g/mol. The quantitative estimate of drug-likeness (QED) is 0.887. The van der Waals surface area contributed by atoms with Gasteiger partial charge in [-0.3, -0.25) is 4.79 Å². The Kier molecular flexibility index (Phi) is 4.50. The van der Waals surface area contributed by atoms with E-state index in [-0.39, 0.29) is 5.56 Å². The Bertz CT molecular complexity index is 709. The average Bonchev–Trinajstić information content (AvgIpc) is 2.39. The number of carboxylic acids is 1. The predicted octanol–water partition coefficient (Wildman–Crippen LogP) is 4.25. The summed E-state index contributed by atoms with van der Waals surface area (Å²) in [6.45, 7) is 1.69. The standard InChI is InChI=1S/C15H11Cl2NO3/c1-8-2-3-12(7-13(8)15(20)21)18-14(19)9-4-10(16)6-11(17)5-9/h2-7H,1H3,(H,18,19)(H,20,21). The summed E-state index contributed by atoms with van der Waals surface area (Å²) in [5.41, 5.74) is 1.44. The van der Waals surface area contributed by atoms with Crippen LogP contribution in [0.15, 0.2) is 36.4 Å². The molecular formula is C15H11Cl2NO3. The molecule has 0 radical (unpaired) electrons. The smallest absolute Gasteiger partial charge is 0.336 e. The number of aromatic carboxylic acids is 1. The third kappa shape index (κ3) is 3.74. The SMILES string of the molecule is Cc1ccc(NC(=O)c2cc(Cl)cc(Cl)c2)cc1C(=O)O. The van der Waals surface area contributed by atoms with Crippen LogP contribution in [0.2, 0.25) is 10.0 Å². The number of carbonyl (C=O) groups excluding carboxylic acids is 1. The molecule has 0 fully saturated rings. The van der Waals surface area contributed by atoms with E-state index in [1.54, 1.807) is 19.1 Å². The lowest BCUT2D eigenvalue weighted by Crippen LogP contribution is -2.12. The van der Waals surface area contributed by atoms with E-state index in [0.717, 1.165) is 0 Å². The average molecular weight is 324 g/mol. The third-order valence-corrected chi connectivity index (χ3v) is 3.29. The summed E-state index contributed by atoms with van der Waals surface area (Å²) in [6.07, 6.45) is 0. The second-order valence-electron chi connectivity index (χ2n) is 4.45. The molecule has 2 aromatic carbocycles. The van der Waals surface area contributed by atoms with E-state index in [4.69, 9.17) is 28.3 Å². The van der Waals surface area contributed by atoms with Gasteiger partial charge in [0.1, 0.15) is 0 Å². The van der Waals surface area contributed by atoms with Crippen molar-refractivity contribution < 1.29 is 14.7 Å². The van der Waals surface area contributed by atoms with Gasteiger partial charge >= 0.3 is 5.97 Å². The molecule has 0 unspecified atom stereocenters. The number of amides is 1. The van der Waals surface area contributed by atoms with Crippen LogP contribution < -0.4 is 5.32 Å². The van der Waals surface area contributed by atoms with E-state index >= 15 is 0 Å². The number of aryl methyl sites for hydroxylation is 1. The molecule has 4 nitrogen and oxygen atoms in total. The van der Waals surface area contributed by atoms with Gasteiger partial charge in [-0.25, -0.2) is 4.79 Å². The first-order valence-corrected chi connectivity index (χ1v) is 6.74. The molecule has 2 aromatic rings. The molecule has 6 heteroatoms. The van der Waals surface area contributed by atoms with Crippen molar-refractivity contribution in [1.82, 2.24) is 0 Å². The number of benzene rings is 2. The maximum Gasteiger partial charge on any atom is 0.336 e. The monoisotopic (exact) mass is 323 g/mol. The Morgan fingerprint density at radius 2 is 1.67 bits per heavy atom. The van der Waals surface area contributed by atoms with E-state index in [2.05, 4.69) is 5.32 Å². The molecule has 21 heavy (non-hydrogen) atoms. The number of carbonyl (C=O) groups is 2. The molecule has 2 N–H and O–H groups in total. The predicted molar refractivity (Wildman–Crippen MR) is 82.6 cm³/mol. The van der Waals surface area contributed by atoms with E-state index in [1.165, 1.54) is 24.3 Å². The molecule has 0 saturated carbocycles. The van der Waals surface area contributed by atoms with E-state index in [0.29, 0.717) is 26.9 Å². The van der Waals surface area contributed by atoms with Gasteiger partial charge in [0.2, 0.25) is 0 Å². The van der Waals surface area contributed by atoms with Gasteiger partial charge in [0.15, 0.2) is 0 Å². The number of hydrogen-bond acceptors (Lipinski definition) is 2. The summed E-state index contributed by atoms with van der Waals surface area (Å²) in [6, 6.07) is 9.15. The van der Waals surface area contributed by atoms with Gasteiger partial charge in [0, 0.05) is 21.3 Å². The number of anilines is 1. The Labute approximate surface area is 131 Å². The summed E-state index contributed by atoms with van der Waals surface area (Å²) < 4.78 is 0. The summed E-state index contributed by atoms with van der Waals surface area (Å²) in [7, 11) is 0. The second kappa shape index (κ2) is 6.16. The number of hydrogen-bond donors (Lipinski definition) is 2. The molecule has 1 amide bonds. The molecule has 0 saturated heterocycles. The van der Waals surface area contributed by atoms with Gasteiger partial charge in [-0.15, -0.1) is 0 Å². The first kappa shape index (κ1) is 15.4. The van der Waals surface area contributed by atoms with Gasteiger partial charge < -0.3 is 10.4 Å². The maximum absolute atomic E-state index is 12.1. The fourth-order valence-electron chi connectivity index (χ4n) is 1.82. The van der Waals surface area contributed by atoms with Gasteiger partial charge in [0.25, 0.3) is 5.91 Å². The van der Waals surface area contributed by atoms with Crippen LogP contribution >= 0.6 is 23.2 Å². The Morgan fingerprint density at radius 3 is 2.24 bits per heavy atom. The van der Waals surface area contributed by atoms with E-state index < -0.39 is 11.9 Å². The Morgan fingerprint density at radius 1 is 1.05 bits per heavy atom. The van der Waals surface area contributed by atoms with Crippen LogP contribution in [0.1, 0.15) is 26.3 Å². The normalized spacial score (nSPS) is 10.2. The van der Waals surface area contributed by atoms with Gasteiger partial charge in [-0.05, 0) is 42.8 Å². The molecule has 0 bridgehead atoms. The lowest BCUT2D eigenvalue weighted by molar-refractivity contribution is 0.0695. The van der Waals surface area contributed by atoms with Crippen LogP contribution in [-0.2, 0) is 0 Å². The van der Waals surface area contributed by atoms with Crippen LogP contribution in [-0.4, -0.2) is 17.0 Å². The van der Waals surface area contributed by atoms with Crippen molar-refractivity contribution >= 4 is 40.8 Å². The molecule has 0 aliphatic carbocycles. The first-order chi connectivity index (χ1) is 9.86. The first-order valence-electron chi connectivity index (χ1n) is 5.98. The lowest BCUT2D eigenvalue weighted by atomic mass is 10.1. The minimum atomic E-state index is -1.05. The highest BCUT2D eigenvalue weighted by molar-refractivity contribution is 6.35. The maximum atomic E-state index is 12.1. The summed E-state index contributed by atoms with van der Waals surface area (Å²) >= 11 is 11.7. The minimum absolute atomic E-state index is 0.136. The van der Waals surface area contributed by atoms with Crippen LogP contribution in [0, 0.1) is 6.92 Å². The third-order valence-electron chi connectivity index (χ3n) is 2.85. The molecule has 0 heterocycles. The Hall–Kier alpha value is -2.04. The van der Waals surface area contributed by atoms with Crippen LogP contribution in [0.4, 0.5) is 5.69 Å². The number of nitrogens with one attached hydrogen (secondary N) is 1. The van der Waals surface area contributed by atoms with Crippen LogP contribution in [0.25, 0.3) is 0 Å². The highest BCUT2D eigenvalue weighted by Crippen LogP contribution is 2.21. The molecule has 0 aliphatic heterocycles. The van der Waals surface area contributed by atoms with Gasteiger partial charge in [-0.1, -0.05) is 29.3 Å². The van der Waals surface area contributed by atoms with Crippen molar-refractivity contribution in [3.63, 3.8) is 0 Å². The largest absolute Gasteiger partial charge is 0.478 e. The Balaban J connectivity index is 2.27. The molecule has 2 rings (SSSR count). The lowest BCUT2D eigenvalue weighted by Gasteiger charge is -2.08. The van der Waals surface area contributed by atoms with E-state index in [9.17, 15) is 9.59 Å². The molecule has 108 valence electrons. The fourth-order valence-corrected chi connectivity index (χ4v) is 2.34. The summed E-state index contributed by atoms with van der Waals surface area (Å²) in [5.74, 6) is -1.46. The molecule has 0 aliphatic rings. The zero-order valence-electron chi connectivity index (χ0n) is 11.0. The summed E-state index contributed by atoms with van der Waals surface area (Å²) in [5, 5.41) is 12.4. The fraction of sp³-hybridized carbons (Fsp3) is 0.0667.